The molecule has 1 fully saturated rings. The van der Waals surface area contributed by atoms with E-state index in [1.165, 1.54) is 10.5 Å². The Bertz CT molecular complexity index is 853. The number of hydrogen-bond donors (Lipinski definition) is 1. The number of amidine groups is 1. The number of nitrogens with one attached hydrogen (secondary N) is 1. The number of aliphatic imine (C=N–C) groups is 2. The summed E-state index contributed by atoms with van der Waals surface area (Å²) in [6, 6.07) is 0. The van der Waals surface area contributed by atoms with Crippen molar-refractivity contribution in [2.75, 3.05) is 53.1 Å². The molecule has 3 rings (SSSR count). The Morgan fingerprint density at radius 1 is 1.03 bits per heavy atom. The zero-order valence-corrected chi connectivity index (χ0v) is 24.4. The molecule has 0 bridgehead atoms. The molecule has 7 heteroatoms. The van der Waals surface area contributed by atoms with Gasteiger partial charge in [-0.05, 0) is 43.6 Å². The summed E-state index contributed by atoms with van der Waals surface area (Å²) in [6.45, 7) is 17.2. The van der Waals surface area contributed by atoms with Gasteiger partial charge in [0.25, 0.3) is 0 Å². The topological polar surface area (TPSA) is 46.5 Å². The van der Waals surface area contributed by atoms with Crippen molar-refractivity contribution in [3.8, 4) is 0 Å². The number of nitrogens with zero attached hydrogens (tertiary/aromatic N) is 5. The maximum atomic E-state index is 4.97. The Morgan fingerprint density at radius 3 is 2.31 bits per heavy atom. The lowest BCUT2D eigenvalue weighted by Gasteiger charge is -2.35. The third-order valence-corrected chi connectivity index (χ3v) is 6.49. The van der Waals surface area contributed by atoms with Crippen molar-refractivity contribution < 1.29 is 0 Å². The van der Waals surface area contributed by atoms with Crippen LogP contribution >= 0.6 is 11.8 Å². The largest absolute Gasteiger partial charge is 0.363 e. The van der Waals surface area contributed by atoms with E-state index in [0.29, 0.717) is 0 Å². The molecule has 0 unspecified atom stereocenters. The van der Waals surface area contributed by atoms with E-state index in [4.69, 9.17) is 9.98 Å². The van der Waals surface area contributed by atoms with E-state index in [2.05, 4.69) is 76.6 Å². The van der Waals surface area contributed by atoms with Crippen LogP contribution in [-0.2, 0) is 0 Å². The van der Waals surface area contributed by atoms with E-state index in [-0.39, 0.29) is 0 Å². The van der Waals surface area contributed by atoms with Gasteiger partial charge in [-0.3, -0.25) is 4.90 Å². The predicted molar refractivity (Wildman–Crippen MR) is 158 cm³/mol. The Hall–Kier alpha value is -2.25. The van der Waals surface area contributed by atoms with Crippen LogP contribution in [-0.4, -0.2) is 79.6 Å². The fourth-order valence-corrected chi connectivity index (χ4v) is 4.17. The van der Waals surface area contributed by atoms with Gasteiger partial charge in [0.2, 0.25) is 5.96 Å². The molecule has 2 aliphatic heterocycles. The van der Waals surface area contributed by atoms with E-state index in [9.17, 15) is 0 Å². The Kier molecular flexibility index (Phi) is 15.1. The first kappa shape index (κ1) is 30.8. The minimum Gasteiger partial charge on any atom is -0.363 e. The van der Waals surface area contributed by atoms with Gasteiger partial charge in [0, 0.05) is 58.9 Å². The zero-order chi connectivity index (χ0) is 26.2. The average molecular weight is 501 g/mol. The highest BCUT2D eigenvalue weighted by Crippen LogP contribution is 2.17. The highest BCUT2D eigenvalue weighted by molar-refractivity contribution is 8.02. The van der Waals surface area contributed by atoms with Crippen LogP contribution in [0.5, 0.6) is 0 Å². The van der Waals surface area contributed by atoms with Crippen molar-refractivity contribution >= 4 is 23.6 Å². The summed E-state index contributed by atoms with van der Waals surface area (Å²) in [6.07, 6.45) is 16.9. The third-order valence-electron chi connectivity index (χ3n) is 5.60. The lowest BCUT2D eigenvalue weighted by atomic mass is 10.2. The Morgan fingerprint density at radius 2 is 1.71 bits per heavy atom. The molecule has 0 aromatic carbocycles. The van der Waals surface area contributed by atoms with E-state index in [1.807, 2.05) is 53.6 Å². The standard InChI is InChI=1S/C24H36N6S.2C2H6/c1-6-21(31-5)18-29-14-16-30(17-15-29)24-26-22(12-13-23(27-24)28(3)4)25-20-9-7-8-19(2)10-11-20;2*1-2/h6,8-11,13H,7,12,14-18H2,1-5H3,(H,25,26,27);2*1-2H3/b21-6-;;. The molecule has 1 aliphatic carbocycles. The Labute approximate surface area is 219 Å². The second kappa shape index (κ2) is 17.2. The van der Waals surface area contributed by atoms with Crippen LogP contribution in [0.3, 0.4) is 0 Å². The molecule has 35 heavy (non-hydrogen) atoms. The number of guanidine groups is 1. The first-order valence-electron chi connectivity index (χ1n) is 13.0. The third kappa shape index (κ3) is 10.5. The van der Waals surface area contributed by atoms with Gasteiger partial charge < -0.3 is 15.1 Å². The molecule has 196 valence electrons. The second-order valence-corrected chi connectivity index (χ2v) is 9.09. The quantitative estimate of drug-likeness (QED) is 0.512. The number of rotatable bonds is 5. The molecule has 6 nitrogen and oxygen atoms in total. The smallest absolute Gasteiger partial charge is 0.229 e. The molecular formula is C28H48N6S. The maximum absolute atomic E-state index is 4.97. The molecule has 0 atom stereocenters. The fourth-order valence-electron chi connectivity index (χ4n) is 3.62. The van der Waals surface area contributed by atoms with Crippen LogP contribution in [0.25, 0.3) is 0 Å². The minimum atomic E-state index is 0.733. The van der Waals surface area contributed by atoms with Crippen molar-refractivity contribution in [1.82, 2.24) is 20.0 Å². The van der Waals surface area contributed by atoms with Gasteiger partial charge in [-0.15, -0.1) is 11.8 Å². The molecule has 0 saturated carbocycles. The van der Waals surface area contributed by atoms with Crippen molar-refractivity contribution in [3.05, 3.63) is 58.5 Å². The van der Waals surface area contributed by atoms with Crippen LogP contribution in [0, 0.1) is 0 Å². The average Bonchev–Trinajstić information content (AvgIpc) is 3.23. The molecule has 0 aromatic rings. The molecule has 1 N–H and O–H groups in total. The van der Waals surface area contributed by atoms with Crippen LogP contribution in [0.4, 0.5) is 0 Å². The normalized spacial score (nSPS) is 18.7. The van der Waals surface area contributed by atoms with Gasteiger partial charge in [0.05, 0.1) is 0 Å². The van der Waals surface area contributed by atoms with E-state index >= 15 is 0 Å². The SMILES string of the molecule is C/C=C(/CN1CCN(C2=NC(N(C)C)=CCC(NC3=CCC=C(C)C=C3)=N2)CC1)SC.CC.CC. The van der Waals surface area contributed by atoms with Crippen molar-refractivity contribution in [2.45, 2.75) is 54.4 Å². The molecule has 0 aromatic heterocycles. The summed E-state index contributed by atoms with van der Waals surface area (Å²) in [4.78, 5) is 18.2. The monoisotopic (exact) mass is 500 g/mol. The molecule has 0 spiro atoms. The van der Waals surface area contributed by atoms with Gasteiger partial charge >= 0.3 is 0 Å². The van der Waals surface area contributed by atoms with Crippen molar-refractivity contribution in [1.29, 1.82) is 0 Å². The van der Waals surface area contributed by atoms with Crippen LogP contribution in [0.2, 0.25) is 0 Å². The molecule has 3 aliphatic rings. The summed E-state index contributed by atoms with van der Waals surface area (Å²) in [5.41, 5.74) is 2.38. The van der Waals surface area contributed by atoms with Gasteiger partial charge in [-0.2, -0.15) is 9.98 Å². The van der Waals surface area contributed by atoms with E-state index in [0.717, 1.165) is 68.9 Å². The minimum absolute atomic E-state index is 0.733. The first-order valence-corrected chi connectivity index (χ1v) is 14.2. The van der Waals surface area contributed by atoms with Gasteiger partial charge in [0.1, 0.15) is 11.7 Å². The highest BCUT2D eigenvalue weighted by atomic mass is 32.2. The first-order chi connectivity index (χ1) is 17.0. The predicted octanol–water partition coefficient (Wildman–Crippen LogP) is 5.86. The van der Waals surface area contributed by atoms with Crippen LogP contribution < -0.4 is 5.32 Å². The van der Waals surface area contributed by atoms with Crippen molar-refractivity contribution in [3.63, 3.8) is 0 Å². The van der Waals surface area contributed by atoms with Gasteiger partial charge in [0.15, 0.2) is 0 Å². The lowest BCUT2D eigenvalue weighted by Crippen LogP contribution is -2.49. The number of allylic oxidation sites excluding steroid dienone is 6. The fraction of sp³-hybridized carbons (Fsp3) is 0.571. The van der Waals surface area contributed by atoms with Crippen LogP contribution in [0.1, 0.15) is 54.4 Å². The summed E-state index contributed by atoms with van der Waals surface area (Å²) in [5.74, 6) is 2.70. The number of piperazine rings is 1. The summed E-state index contributed by atoms with van der Waals surface area (Å²) in [7, 11) is 4.07. The number of thioether (sulfide) groups is 1. The molecular weight excluding hydrogens is 452 g/mol. The van der Waals surface area contributed by atoms with Crippen molar-refractivity contribution in [2.24, 2.45) is 9.98 Å². The highest BCUT2D eigenvalue weighted by Gasteiger charge is 2.22. The van der Waals surface area contributed by atoms with E-state index < -0.39 is 0 Å². The zero-order valence-electron chi connectivity index (χ0n) is 23.6. The summed E-state index contributed by atoms with van der Waals surface area (Å²) in [5, 5.41) is 3.54. The van der Waals surface area contributed by atoms with Crippen LogP contribution in [0.15, 0.2) is 68.4 Å². The Balaban J connectivity index is 0.00000145. The molecule has 2 heterocycles. The summed E-state index contributed by atoms with van der Waals surface area (Å²) < 4.78 is 0. The van der Waals surface area contributed by atoms with Gasteiger partial charge in [-0.25, -0.2) is 0 Å². The summed E-state index contributed by atoms with van der Waals surface area (Å²) >= 11 is 1.84. The molecule has 0 radical (unpaired) electrons. The second-order valence-electron chi connectivity index (χ2n) is 8.16. The van der Waals surface area contributed by atoms with E-state index in [1.54, 1.807) is 0 Å². The molecule has 0 amide bonds. The number of hydrogen-bond acceptors (Lipinski definition) is 7. The molecule has 1 saturated heterocycles. The maximum Gasteiger partial charge on any atom is 0.229 e. The lowest BCUT2D eigenvalue weighted by molar-refractivity contribution is 0.195. The van der Waals surface area contributed by atoms with Gasteiger partial charge in [-0.1, -0.05) is 57.6 Å².